The Balaban J connectivity index is 1.70. The van der Waals surface area contributed by atoms with Gasteiger partial charge in [-0.25, -0.2) is 4.79 Å². The van der Waals surface area contributed by atoms with Crippen LogP contribution in [0.3, 0.4) is 0 Å². The predicted molar refractivity (Wildman–Crippen MR) is 82.9 cm³/mol. The Morgan fingerprint density at radius 3 is 2.80 bits per heavy atom. The summed E-state index contributed by atoms with van der Waals surface area (Å²) in [5.41, 5.74) is 0.816. The van der Waals surface area contributed by atoms with Crippen LogP contribution >= 0.6 is 11.8 Å². The van der Waals surface area contributed by atoms with E-state index in [4.69, 9.17) is 0 Å². The summed E-state index contributed by atoms with van der Waals surface area (Å²) >= 11 is 1.87. The van der Waals surface area contributed by atoms with Crippen molar-refractivity contribution in [2.45, 2.75) is 36.7 Å². The zero-order chi connectivity index (χ0) is 14.4. The summed E-state index contributed by atoms with van der Waals surface area (Å²) in [6.45, 7) is 0.231. The lowest BCUT2D eigenvalue weighted by atomic mass is 10.1. The van der Waals surface area contributed by atoms with Crippen molar-refractivity contribution < 1.29 is 9.90 Å². The van der Waals surface area contributed by atoms with Crippen molar-refractivity contribution in [3.05, 3.63) is 35.9 Å². The fourth-order valence-corrected chi connectivity index (χ4v) is 3.30. The van der Waals surface area contributed by atoms with Gasteiger partial charge in [-0.2, -0.15) is 11.8 Å². The second-order valence-corrected chi connectivity index (χ2v) is 6.29. The second kappa shape index (κ2) is 7.55. The quantitative estimate of drug-likeness (QED) is 0.781. The van der Waals surface area contributed by atoms with Gasteiger partial charge in [0, 0.05) is 17.8 Å². The Hall–Kier alpha value is -1.20. The van der Waals surface area contributed by atoms with Gasteiger partial charge in [0.1, 0.15) is 0 Å². The van der Waals surface area contributed by atoms with Crippen molar-refractivity contribution in [3.63, 3.8) is 0 Å². The summed E-state index contributed by atoms with van der Waals surface area (Å²) in [7, 11) is 0. The molecule has 0 heterocycles. The molecule has 3 atom stereocenters. The van der Waals surface area contributed by atoms with Crippen molar-refractivity contribution in [1.29, 1.82) is 0 Å². The number of urea groups is 1. The fraction of sp³-hybridized carbons (Fsp3) is 0.533. The van der Waals surface area contributed by atoms with Crippen LogP contribution in [-0.2, 0) is 0 Å². The maximum absolute atomic E-state index is 11.8. The van der Waals surface area contributed by atoms with E-state index in [0.29, 0.717) is 5.25 Å². The summed E-state index contributed by atoms with van der Waals surface area (Å²) in [5, 5.41) is 16.3. The van der Waals surface area contributed by atoms with Crippen molar-refractivity contribution in [2.75, 3.05) is 12.8 Å². The largest absolute Gasteiger partial charge is 0.387 e. The molecule has 0 aromatic heterocycles. The topological polar surface area (TPSA) is 61.4 Å². The molecule has 20 heavy (non-hydrogen) atoms. The maximum atomic E-state index is 11.8. The van der Waals surface area contributed by atoms with E-state index < -0.39 is 6.10 Å². The number of carbonyl (C=O) groups excluding carboxylic acids is 1. The van der Waals surface area contributed by atoms with Crippen LogP contribution in [0.25, 0.3) is 0 Å². The smallest absolute Gasteiger partial charge is 0.315 e. The number of aliphatic hydroxyl groups excluding tert-OH is 1. The predicted octanol–water partition coefficient (Wildman–Crippen LogP) is 2.30. The minimum Gasteiger partial charge on any atom is -0.387 e. The van der Waals surface area contributed by atoms with Gasteiger partial charge in [0.25, 0.3) is 0 Å². The fourth-order valence-electron chi connectivity index (χ4n) is 2.50. The molecule has 5 heteroatoms. The molecule has 0 bridgehead atoms. The normalized spacial score (nSPS) is 23.3. The van der Waals surface area contributed by atoms with Crippen LogP contribution in [-0.4, -0.2) is 35.2 Å². The number of thioether (sulfide) groups is 1. The highest BCUT2D eigenvalue weighted by molar-refractivity contribution is 7.99. The molecule has 110 valence electrons. The van der Waals surface area contributed by atoms with Crippen LogP contribution in [0.4, 0.5) is 4.79 Å². The van der Waals surface area contributed by atoms with E-state index in [1.807, 2.05) is 42.1 Å². The Labute approximate surface area is 124 Å². The van der Waals surface area contributed by atoms with Crippen molar-refractivity contribution >= 4 is 17.8 Å². The second-order valence-electron chi connectivity index (χ2n) is 5.15. The highest BCUT2D eigenvalue weighted by atomic mass is 32.2. The van der Waals surface area contributed by atoms with Gasteiger partial charge in [-0.1, -0.05) is 30.3 Å². The Kier molecular flexibility index (Phi) is 5.73. The number of hydrogen-bond donors (Lipinski definition) is 3. The van der Waals surface area contributed by atoms with Crippen LogP contribution in [0.2, 0.25) is 0 Å². The molecule has 1 aliphatic rings. The first-order chi connectivity index (χ1) is 9.69. The highest BCUT2D eigenvalue weighted by Gasteiger charge is 2.25. The van der Waals surface area contributed by atoms with Crippen LogP contribution in [0, 0.1) is 0 Å². The third kappa shape index (κ3) is 4.42. The van der Waals surface area contributed by atoms with Crippen molar-refractivity contribution in [3.8, 4) is 0 Å². The molecule has 0 spiro atoms. The first-order valence-electron chi connectivity index (χ1n) is 6.99. The van der Waals surface area contributed by atoms with Crippen LogP contribution in [0.15, 0.2) is 30.3 Å². The molecule has 0 radical (unpaired) electrons. The molecule has 0 saturated heterocycles. The summed E-state index contributed by atoms with van der Waals surface area (Å²) in [6, 6.07) is 9.43. The van der Waals surface area contributed by atoms with E-state index >= 15 is 0 Å². The van der Waals surface area contributed by atoms with Gasteiger partial charge in [-0.3, -0.25) is 0 Å². The molecule has 1 aromatic rings. The number of amides is 2. The van der Waals surface area contributed by atoms with Crippen LogP contribution < -0.4 is 10.6 Å². The Morgan fingerprint density at radius 2 is 2.15 bits per heavy atom. The molecule has 3 unspecified atom stereocenters. The number of aliphatic hydroxyl groups is 1. The monoisotopic (exact) mass is 294 g/mol. The first kappa shape index (κ1) is 15.2. The lowest BCUT2D eigenvalue weighted by molar-refractivity contribution is 0.172. The van der Waals surface area contributed by atoms with E-state index in [9.17, 15) is 9.90 Å². The molecule has 2 rings (SSSR count). The number of hydrogen-bond acceptors (Lipinski definition) is 3. The number of benzene rings is 1. The molecule has 1 aromatic carbocycles. The lowest BCUT2D eigenvalue weighted by Crippen LogP contribution is -2.42. The van der Waals surface area contributed by atoms with E-state index in [2.05, 4.69) is 16.9 Å². The lowest BCUT2D eigenvalue weighted by Gasteiger charge is -2.16. The molecule has 2 amide bonds. The van der Waals surface area contributed by atoms with E-state index in [1.54, 1.807) is 0 Å². The van der Waals surface area contributed by atoms with Gasteiger partial charge in [0.2, 0.25) is 0 Å². The number of carbonyl (C=O) groups is 1. The van der Waals surface area contributed by atoms with E-state index in [-0.39, 0.29) is 18.6 Å². The Bertz CT molecular complexity index is 427. The van der Waals surface area contributed by atoms with E-state index in [0.717, 1.165) is 18.4 Å². The Morgan fingerprint density at radius 1 is 1.40 bits per heavy atom. The number of nitrogens with one attached hydrogen (secondary N) is 2. The third-order valence-corrected chi connectivity index (χ3v) is 4.79. The molecule has 4 nitrogen and oxygen atoms in total. The first-order valence-corrected chi connectivity index (χ1v) is 8.28. The maximum Gasteiger partial charge on any atom is 0.315 e. The van der Waals surface area contributed by atoms with Crippen molar-refractivity contribution in [2.24, 2.45) is 0 Å². The van der Waals surface area contributed by atoms with Gasteiger partial charge < -0.3 is 15.7 Å². The summed E-state index contributed by atoms with van der Waals surface area (Å²) in [4.78, 5) is 11.8. The minimum absolute atomic E-state index is 0.188. The van der Waals surface area contributed by atoms with Gasteiger partial charge >= 0.3 is 6.03 Å². The highest BCUT2D eigenvalue weighted by Crippen LogP contribution is 2.27. The molecule has 1 saturated carbocycles. The third-order valence-electron chi connectivity index (χ3n) is 3.69. The zero-order valence-corrected chi connectivity index (χ0v) is 12.5. The van der Waals surface area contributed by atoms with Crippen LogP contribution in [0.5, 0.6) is 0 Å². The average molecular weight is 294 g/mol. The van der Waals surface area contributed by atoms with Crippen molar-refractivity contribution in [1.82, 2.24) is 10.6 Å². The van der Waals surface area contributed by atoms with Gasteiger partial charge in [0.05, 0.1) is 6.10 Å². The molecule has 3 N–H and O–H groups in total. The molecule has 0 aliphatic heterocycles. The summed E-state index contributed by atoms with van der Waals surface area (Å²) < 4.78 is 0. The molecule has 1 fully saturated rings. The summed E-state index contributed by atoms with van der Waals surface area (Å²) in [6.07, 6.45) is 4.70. The molecular weight excluding hydrogens is 272 g/mol. The van der Waals surface area contributed by atoms with Crippen LogP contribution in [0.1, 0.15) is 30.9 Å². The standard InChI is InChI=1S/C15H22N2O2S/c1-20-13-8-7-12(9-13)17-15(19)16-10-14(18)11-5-3-2-4-6-11/h2-6,12-14,18H,7-10H2,1H3,(H2,16,17,19). The molecular formula is C15H22N2O2S. The minimum atomic E-state index is -0.663. The summed E-state index contributed by atoms with van der Waals surface area (Å²) in [5.74, 6) is 0. The van der Waals surface area contributed by atoms with Gasteiger partial charge in [0.15, 0.2) is 0 Å². The SMILES string of the molecule is CSC1CCC(NC(=O)NCC(O)c2ccccc2)C1. The van der Waals surface area contributed by atoms with Gasteiger partial charge in [-0.15, -0.1) is 0 Å². The zero-order valence-electron chi connectivity index (χ0n) is 11.7. The average Bonchev–Trinajstić information content (AvgIpc) is 2.93. The van der Waals surface area contributed by atoms with Gasteiger partial charge in [-0.05, 0) is 31.1 Å². The number of rotatable bonds is 5. The molecule has 1 aliphatic carbocycles. The van der Waals surface area contributed by atoms with E-state index in [1.165, 1.54) is 6.42 Å².